The third kappa shape index (κ3) is 1.97. The van der Waals surface area contributed by atoms with Gasteiger partial charge in [0.1, 0.15) is 11.7 Å². The van der Waals surface area contributed by atoms with Gasteiger partial charge in [0.15, 0.2) is 0 Å². The summed E-state index contributed by atoms with van der Waals surface area (Å²) in [6.45, 7) is 0. The third-order valence-electron chi connectivity index (χ3n) is 3.72. The van der Waals surface area contributed by atoms with Crippen molar-refractivity contribution in [2.75, 3.05) is 0 Å². The van der Waals surface area contributed by atoms with Gasteiger partial charge in [-0.2, -0.15) is 5.26 Å². The van der Waals surface area contributed by atoms with Crippen molar-refractivity contribution >= 4 is 11.0 Å². The molecule has 3 heterocycles. The number of benzene rings is 1. The number of H-pyrrole nitrogens is 1. The summed E-state index contributed by atoms with van der Waals surface area (Å²) in [7, 11) is 0. The molecule has 0 atom stereocenters. The maximum absolute atomic E-state index is 9.12. The summed E-state index contributed by atoms with van der Waals surface area (Å²) in [5.41, 5.74) is 5.55. The number of aromatic nitrogens is 2. The average molecular weight is 285 g/mol. The van der Waals surface area contributed by atoms with Crippen LogP contribution in [0.4, 0.5) is 0 Å². The molecule has 1 N–H and O–H groups in total. The van der Waals surface area contributed by atoms with Crippen LogP contribution in [0.15, 0.2) is 65.7 Å². The lowest BCUT2D eigenvalue weighted by Crippen LogP contribution is -1.83. The van der Waals surface area contributed by atoms with Crippen LogP contribution >= 0.6 is 0 Å². The van der Waals surface area contributed by atoms with Crippen molar-refractivity contribution in [3.63, 3.8) is 0 Å². The van der Waals surface area contributed by atoms with E-state index in [1.807, 2.05) is 42.6 Å². The smallest absolute Gasteiger partial charge is 0.138 e. The summed E-state index contributed by atoms with van der Waals surface area (Å²) in [5.74, 6) is 0. The van der Waals surface area contributed by atoms with Gasteiger partial charge in [-0.15, -0.1) is 0 Å². The number of nitrogens with zero attached hydrogens (tertiary/aromatic N) is 2. The monoisotopic (exact) mass is 285 g/mol. The largest absolute Gasteiger partial charge is 0.472 e. The molecule has 1 aromatic carbocycles. The first-order valence-corrected chi connectivity index (χ1v) is 6.85. The van der Waals surface area contributed by atoms with E-state index in [1.165, 1.54) is 0 Å². The van der Waals surface area contributed by atoms with E-state index in [-0.39, 0.29) is 0 Å². The number of rotatable bonds is 2. The molecule has 22 heavy (non-hydrogen) atoms. The highest BCUT2D eigenvalue weighted by Crippen LogP contribution is 2.27. The Morgan fingerprint density at radius 3 is 2.45 bits per heavy atom. The molecule has 0 aliphatic heterocycles. The van der Waals surface area contributed by atoms with E-state index >= 15 is 0 Å². The number of aromatic amines is 1. The molecule has 104 valence electrons. The Kier molecular flexibility index (Phi) is 2.77. The van der Waals surface area contributed by atoms with Gasteiger partial charge in [-0.1, -0.05) is 24.3 Å². The molecule has 4 rings (SSSR count). The number of pyridine rings is 1. The highest BCUT2D eigenvalue weighted by atomic mass is 16.3. The summed E-state index contributed by atoms with van der Waals surface area (Å²) in [6.07, 6.45) is 6.88. The zero-order valence-electron chi connectivity index (χ0n) is 11.6. The molecule has 0 saturated carbocycles. The van der Waals surface area contributed by atoms with Crippen LogP contribution in [0, 0.1) is 11.3 Å². The Bertz CT molecular complexity index is 974. The second-order valence-electron chi connectivity index (χ2n) is 5.02. The minimum Gasteiger partial charge on any atom is -0.472 e. The van der Waals surface area contributed by atoms with Crippen LogP contribution < -0.4 is 0 Å². The first kappa shape index (κ1) is 12.4. The Labute approximate surface area is 126 Å². The van der Waals surface area contributed by atoms with Crippen molar-refractivity contribution in [1.82, 2.24) is 9.97 Å². The molecule has 0 spiro atoms. The summed E-state index contributed by atoms with van der Waals surface area (Å²) in [4.78, 5) is 7.38. The second-order valence-corrected chi connectivity index (χ2v) is 5.02. The van der Waals surface area contributed by atoms with Crippen molar-refractivity contribution < 1.29 is 4.42 Å². The van der Waals surface area contributed by atoms with E-state index in [0.717, 1.165) is 33.3 Å². The molecule has 0 saturated heterocycles. The fourth-order valence-corrected chi connectivity index (χ4v) is 2.54. The van der Waals surface area contributed by atoms with Crippen LogP contribution in [-0.4, -0.2) is 9.97 Å². The van der Waals surface area contributed by atoms with E-state index < -0.39 is 0 Å². The highest BCUT2D eigenvalue weighted by Gasteiger charge is 2.07. The van der Waals surface area contributed by atoms with Crippen molar-refractivity contribution in [3.8, 4) is 28.3 Å². The number of hydrogen-bond donors (Lipinski definition) is 1. The van der Waals surface area contributed by atoms with Crippen LogP contribution in [0.3, 0.4) is 0 Å². The Balaban J connectivity index is 1.77. The molecular weight excluding hydrogens is 274 g/mol. The van der Waals surface area contributed by atoms with E-state index in [0.29, 0.717) is 5.56 Å². The second kappa shape index (κ2) is 4.90. The van der Waals surface area contributed by atoms with Gasteiger partial charge in [0.25, 0.3) is 0 Å². The molecule has 0 aliphatic rings. The summed E-state index contributed by atoms with van der Waals surface area (Å²) in [6, 6.07) is 14.3. The summed E-state index contributed by atoms with van der Waals surface area (Å²) in [5, 5.41) is 9.97. The molecule has 0 aliphatic carbocycles. The van der Waals surface area contributed by atoms with Gasteiger partial charge in [0.05, 0.1) is 18.1 Å². The summed E-state index contributed by atoms with van der Waals surface area (Å²) < 4.78 is 5.10. The van der Waals surface area contributed by atoms with Crippen LogP contribution in [0.2, 0.25) is 0 Å². The van der Waals surface area contributed by atoms with Crippen molar-refractivity contribution in [2.24, 2.45) is 0 Å². The third-order valence-corrected chi connectivity index (χ3v) is 3.72. The van der Waals surface area contributed by atoms with Gasteiger partial charge in [-0.3, -0.25) is 0 Å². The van der Waals surface area contributed by atoms with Crippen LogP contribution in [0.5, 0.6) is 0 Å². The quantitative estimate of drug-likeness (QED) is 0.595. The maximum atomic E-state index is 9.12. The SMILES string of the molecule is N#Cc1c[nH]c2ncc(-c3ccc(-c4ccoc4)cc3)cc12. The first-order chi connectivity index (χ1) is 10.8. The van der Waals surface area contributed by atoms with Gasteiger partial charge in [0.2, 0.25) is 0 Å². The molecule has 0 fully saturated rings. The molecular formula is C18H11N3O. The van der Waals surface area contributed by atoms with E-state index in [4.69, 9.17) is 9.68 Å². The highest BCUT2D eigenvalue weighted by molar-refractivity contribution is 5.86. The topological polar surface area (TPSA) is 65.6 Å². The number of hydrogen-bond acceptors (Lipinski definition) is 3. The number of fused-ring (bicyclic) bond motifs is 1. The zero-order valence-corrected chi connectivity index (χ0v) is 11.6. The average Bonchev–Trinajstić information content (AvgIpc) is 3.24. The molecule has 4 aromatic rings. The summed E-state index contributed by atoms with van der Waals surface area (Å²) >= 11 is 0. The molecule has 0 bridgehead atoms. The minimum absolute atomic E-state index is 0.611. The van der Waals surface area contributed by atoms with Gasteiger partial charge < -0.3 is 9.40 Å². The minimum atomic E-state index is 0.611. The molecule has 0 unspecified atom stereocenters. The van der Waals surface area contributed by atoms with Gasteiger partial charge in [0, 0.05) is 28.9 Å². The van der Waals surface area contributed by atoms with E-state index in [2.05, 4.69) is 16.0 Å². The van der Waals surface area contributed by atoms with E-state index in [9.17, 15) is 0 Å². The Hall–Kier alpha value is -3.32. The van der Waals surface area contributed by atoms with Gasteiger partial charge in [-0.05, 0) is 23.3 Å². The predicted octanol–water partition coefficient (Wildman–Crippen LogP) is 4.36. The zero-order chi connectivity index (χ0) is 14.9. The standard InChI is InChI=1S/C18H11N3O/c19-8-16-10-21-18-17(16)7-15(9-20-18)13-3-1-12(2-4-13)14-5-6-22-11-14/h1-7,9-11H,(H,20,21). The fraction of sp³-hybridized carbons (Fsp3) is 0. The predicted molar refractivity (Wildman–Crippen MR) is 83.9 cm³/mol. The fourth-order valence-electron chi connectivity index (χ4n) is 2.54. The Morgan fingerprint density at radius 1 is 1.00 bits per heavy atom. The normalized spacial score (nSPS) is 10.7. The lowest BCUT2D eigenvalue weighted by molar-refractivity contribution is 0.568. The van der Waals surface area contributed by atoms with Crippen LogP contribution in [0.25, 0.3) is 33.3 Å². The molecule has 4 heteroatoms. The van der Waals surface area contributed by atoms with Crippen molar-refractivity contribution in [1.29, 1.82) is 5.26 Å². The van der Waals surface area contributed by atoms with Gasteiger partial charge in [-0.25, -0.2) is 4.98 Å². The molecule has 0 radical (unpaired) electrons. The van der Waals surface area contributed by atoms with E-state index in [1.54, 1.807) is 18.7 Å². The number of nitrogens with one attached hydrogen (secondary N) is 1. The maximum Gasteiger partial charge on any atom is 0.138 e. The lowest BCUT2D eigenvalue weighted by atomic mass is 10.0. The van der Waals surface area contributed by atoms with Gasteiger partial charge >= 0.3 is 0 Å². The number of furan rings is 1. The van der Waals surface area contributed by atoms with Crippen molar-refractivity contribution in [2.45, 2.75) is 0 Å². The lowest BCUT2D eigenvalue weighted by Gasteiger charge is -2.03. The number of nitriles is 1. The van der Waals surface area contributed by atoms with Crippen LogP contribution in [0.1, 0.15) is 5.56 Å². The molecule has 0 amide bonds. The van der Waals surface area contributed by atoms with Crippen LogP contribution in [-0.2, 0) is 0 Å². The molecule has 3 aromatic heterocycles. The first-order valence-electron chi connectivity index (χ1n) is 6.85. The molecule has 4 nitrogen and oxygen atoms in total. The van der Waals surface area contributed by atoms with Crippen molar-refractivity contribution in [3.05, 3.63) is 66.9 Å². The Morgan fingerprint density at radius 2 is 1.77 bits per heavy atom.